The molecule has 1 aliphatic heterocycles. The fourth-order valence-corrected chi connectivity index (χ4v) is 2.63. The topological polar surface area (TPSA) is 29.5 Å². The molecule has 2 rings (SSSR count). The Morgan fingerprint density at radius 1 is 1.32 bits per heavy atom. The predicted molar refractivity (Wildman–Crippen MR) is 63.8 cm³/mol. The Labute approximate surface area is 111 Å². The molecule has 0 bridgehead atoms. The average Bonchev–Trinajstić information content (AvgIpc) is 3.19. The number of halogens is 3. The second-order valence-corrected chi connectivity index (χ2v) is 5.41. The lowest BCUT2D eigenvalue weighted by molar-refractivity contribution is -0.135. The molecule has 0 aromatic rings. The molecule has 0 unspecified atom stereocenters. The number of carbonyl (C=O) groups is 1. The van der Waals surface area contributed by atoms with Crippen LogP contribution >= 0.6 is 0 Å². The van der Waals surface area contributed by atoms with Crippen LogP contribution in [0.4, 0.5) is 13.2 Å². The monoisotopic (exact) mass is 279 g/mol. The molecule has 1 heterocycles. The predicted octanol–water partition coefficient (Wildman–Crippen LogP) is 2.40. The normalized spacial score (nSPS) is 22.8. The molecule has 3 nitrogen and oxygen atoms in total. The van der Waals surface area contributed by atoms with Crippen LogP contribution in [0.5, 0.6) is 0 Å². The number of hydrogen-bond donors (Lipinski definition) is 0. The van der Waals surface area contributed by atoms with Gasteiger partial charge in [-0.2, -0.15) is 0 Å². The number of nitrogens with zero attached hydrogens (tertiary/aromatic N) is 1. The minimum Gasteiger partial charge on any atom is -0.375 e. The summed E-state index contributed by atoms with van der Waals surface area (Å²) >= 11 is 0. The fourth-order valence-electron chi connectivity index (χ4n) is 2.63. The van der Waals surface area contributed by atoms with E-state index in [4.69, 9.17) is 0 Å². The second kappa shape index (κ2) is 6.11. The molecule has 1 saturated carbocycles. The molecule has 2 aliphatic rings. The van der Waals surface area contributed by atoms with Crippen molar-refractivity contribution in [3.8, 4) is 0 Å². The number of ether oxygens (including phenoxy) is 1. The van der Waals surface area contributed by atoms with Crippen LogP contribution in [0.2, 0.25) is 0 Å². The third-order valence-corrected chi connectivity index (χ3v) is 3.96. The maximum atomic E-state index is 14.3. The quantitative estimate of drug-likeness (QED) is 0.699. The van der Waals surface area contributed by atoms with Crippen molar-refractivity contribution in [2.75, 3.05) is 26.3 Å². The smallest absolute Gasteiger partial charge is 0.261 e. The maximum Gasteiger partial charge on any atom is 0.261 e. The van der Waals surface area contributed by atoms with E-state index in [2.05, 4.69) is 4.74 Å². The van der Waals surface area contributed by atoms with Crippen molar-refractivity contribution in [1.82, 2.24) is 4.90 Å². The van der Waals surface area contributed by atoms with E-state index in [1.807, 2.05) is 0 Å². The van der Waals surface area contributed by atoms with Crippen molar-refractivity contribution in [2.45, 2.75) is 44.2 Å². The molecule has 1 aliphatic carbocycles. The number of hydrogen-bond acceptors (Lipinski definition) is 2. The highest BCUT2D eigenvalue weighted by atomic mass is 19.3. The summed E-state index contributed by atoms with van der Waals surface area (Å²) in [6.45, 7) is 0.229. The SMILES string of the molecule is O=C(CCOCC(F)F)N1CCC(F)(C2CC2)CC1. The third kappa shape index (κ3) is 4.09. The van der Waals surface area contributed by atoms with Crippen LogP contribution < -0.4 is 0 Å². The highest BCUT2D eigenvalue weighted by Crippen LogP contribution is 2.47. The first-order valence-electron chi connectivity index (χ1n) is 6.84. The molecule has 0 radical (unpaired) electrons. The van der Waals surface area contributed by atoms with Gasteiger partial charge in [0.25, 0.3) is 6.43 Å². The van der Waals surface area contributed by atoms with E-state index in [1.165, 1.54) is 0 Å². The Kier molecular flexibility index (Phi) is 4.71. The summed E-state index contributed by atoms with van der Waals surface area (Å²) in [5, 5.41) is 0. The van der Waals surface area contributed by atoms with Gasteiger partial charge in [0, 0.05) is 13.1 Å². The van der Waals surface area contributed by atoms with Gasteiger partial charge < -0.3 is 9.64 Å². The van der Waals surface area contributed by atoms with Gasteiger partial charge in [0.2, 0.25) is 5.91 Å². The van der Waals surface area contributed by atoms with E-state index in [9.17, 15) is 18.0 Å². The molecule has 0 atom stereocenters. The minimum absolute atomic E-state index is 0.00304. The number of alkyl halides is 3. The van der Waals surface area contributed by atoms with Gasteiger partial charge in [0.05, 0.1) is 13.0 Å². The third-order valence-electron chi connectivity index (χ3n) is 3.96. The number of piperidine rings is 1. The van der Waals surface area contributed by atoms with Crippen molar-refractivity contribution in [2.24, 2.45) is 5.92 Å². The van der Waals surface area contributed by atoms with E-state index in [0.717, 1.165) is 12.8 Å². The van der Waals surface area contributed by atoms with Gasteiger partial charge >= 0.3 is 0 Å². The summed E-state index contributed by atoms with van der Waals surface area (Å²) in [6, 6.07) is 0. The van der Waals surface area contributed by atoms with Gasteiger partial charge in [0.1, 0.15) is 12.3 Å². The Morgan fingerprint density at radius 3 is 2.47 bits per heavy atom. The molecule has 0 aromatic carbocycles. The lowest BCUT2D eigenvalue weighted by Crippen LogP contribution is -2.45. The second-order valence-electron chi connectivity index (χ2n) is 5.41. The van der Waals surface area contributed by atoms with Crippen LogP contribution in [-0.4, -0.2) is 49.2 Å². The summed E-state index contributed by atoms with van der Waals surface area (Å²) < 4.78 is 42.7. The molecule has 0 aromatic heterocycles. The van der Waals surface area contributed by atoms with Crippen molar-refractivity contribution >= 4 is 5.91 Å². The molecule has 110 valence electrons. The van der Waals surface area contributed by atoms with Crippen molar-refractivity contribution < 1.29 is 22.7 Å². The van der Waals surface area contributed by atoms with E-state index in [1.54, 1.807) is 4.90 Å². The van der Waals surface area contributed by atoms with Gasteiger partial charge in [-0.3, -0.25) is 4.79 Å². The van der Waals surface area contributed by atoms with Crippen molar-refractivity contribution in [1.29, 1.82) is 0 Å². The Hall–Kier alpha value is -0.780. The van der Waals surface area contributed by atoms with Crippen LogP contribution in [0.1, 0.15) is 32.1 Å². The number of amides is 1. The number of carbonyl (C=O) groups excluding carboxylic acids is 1. The average molecular weight is 279 g/mol. The first kappa shape index (κ1) is 14.6. The number of likely N-dealkylation sites (tertiary alicyclic amines) is 1. The van der Waals surface area contributed by atoms with Gasteiger partial charge in [-0.1, -0.05) is 0 Å². The molecule has 0 spiro atoms. The van der Waals surface area contributed by atoms with E-state index in [0.29, 0.717) is 25.9 Å². The first-order valence-corrected chi connectivity index (χ1v) is 6.84. The zero-order valence-corrected chi connectivity index (χ0v) is 10.9. The summed E-state index contributed by atoms with van der Waals surface area (Å²) in [7, 11) is 0. The molecule has 19 heavy (non-hydrogen) atoms. The summed E-state index contributed by atoms with van der Waals surface area (Å²) in [6.07, 6.45) is 0.325. The lowest BCUT2D eigenvalue weighted by atomic mass is 9.88. The maximum absolute atomic E-state index is 14.3. The van der Waals surface area contributed by atoms with E-state index < -0.39 is 18.7 Å². The van der Waals surface area contributed by atoms with Crippen molar-refractivity contribution in [3.63, 3.8) is 0 Å². The van der Waals surface area contributed by atoms with E-state index >= 15 is 0 Å². The zero-order chi connectivity index (χ0) is 13.9. The van der Waals surface area contributed by atoms with Gasteiger partial charge in [-0.05, 0) is 31.6 Å². The first-order chi connectivity index (χ1) is 9.01. The standard InChI is InChI=1S/C13H20F3NO2/c14-11(15)9-19-8-3-12(18)17-6-4-13(16,5-7-17)10-1-2-10/h10-11H,1-9H2. The van der Waals surface area contributed by atoms with Crippen LogP contribution in [0.15, 0.2) is 0 Å². The molecule has 1 amide bonds. The Balaban J connectivity index is 1.64. The highest BCUT2D eigenvalue weighted by Gasteiger charge is 2.47. The number of rotatable bonds is 6. The fraction of sp³-hybridized carbons (Fsp3) is 0.923. The Bertz CT molecular complexity index is 313. The largest absolute Gasteiger partial charge is 0.375 e. The molecule has 0 N–H and O–H groups in total. The highest BCUT2D eigenvalue weighted by molar-refractivity contribution is 5.76. The summed E-state index contributed by atoms with van der Waals surface area (Å²) in [4.78, 5) is 13.4. The van der Waals surface area contributed by atoms with Crippen LogP contribution in [0, 0.1) is 5.92 Å². The molecule has 6 heteroatoms. The molecule has 2 fully saturated rings. The summed E-state index contributed by atoms with van der Waals surface area (Å²) in [5.74, 6) is 0.0613. The minimum atomic E-state index is -2.50. The molecule has 1 saturated heterocycles. The molecular formula is C13H20F3NO2. The van der Waals surface area contributed by atoms with E-state index in [-0.39, 0.29) is 24.9 Å². The van der Waals surface area contributed by atoms with Gasteiger partial charge in [-0.25, -0.2) is 13.2 Å². The van der Waals surface area contributed by atoms with Crippen molar-refractivity contribution in [3.05, 3.63) is 0 Å². The van der Waals surface area contributed by atoms with Crippen LogP contribution in [0.3, 0.4) is 0 Å². The Morgan fingerprint density at radius 2 is 1.95 bits per heavy atom. The van der Waals surface area contributed by atoms with Crippen LogP contribution in [-0.2, 0) is 9.53 Å². The summed E-state index contributed by atoms with van der Waals surface area (Å²) in [5.41, 5.74) is -1.08. The zero-order valence-electron chi connectivity index (χ0n) is 10.9. The van der Waals surface area contributed by atoms with Gasteiger partial charge in [-0.15, -0.1) is 0 Å². The van der Waals surface area contributed by atoms with Crippen LogP contribution in [0.25, 0.3) is 0 Å². The lowest BCUT2D eigenvalue weighted by Gasteiger charge is -2.36. The molecular weight excluding hydrogens is 259 g/mol. The van der Waals surface area contributed by atoms with Gasteiger partial charge in [0.15, 0.2) is 0 Å².